The molecule has 0 saturated carbocycles. The minimum atomic E-state index is -1.57. The minimum absolute atomic E-state index is 0.139. The molecule has 1 saturated heterocycles. The van der Waals surface area contributed by atoms with Crippen LogP contribution in [0.25, 0.3) is 32.7 Å². The lowest BCUT2D eigenvalue weighted by molar-refractivity contribution is -0.304. The van der Waals surface area contributed by atoms with Gasteiger partial charge < -0.3 is 44.8 Å². The molecule has 5 atom stereocenters. The zero-order valence-corrected chi connectivity index (χ0v) is 30.8. The first-order valence-corrected chi connectivity index (χ1v) is 18.0. The average Bonchev–Trinajstić information content (AvgIpc) is 3.60. The first-order valence-electron chi connectivity index (χ1n) is 18.0. The molecule has 3 aromatic rings. The fraction of sp³-hybridized carbons (Fsp3) is 0.556. The van der Waals surface area contributed by atoms with Crippen LogP contribution < -0.4 is 22.0 Å². The largest absolute Gasteiger partial charge is 0.494 e. The van der Waals surface area contributed by atoms with Gasteiger partial charge in [0, 0.05) is 47.9 Å². The van der Waals surface area contributed by atoms with Gasteiger partial charge in [0.15, 0.2) is 6.29 Å². The Kier molecular flexibility index (Phi) is 12.0. The molecular weight excluding hydrogens is 704 g/mol. The number of nitrogens with zero attached hydrogens (tertiary/aromatic N) is 8. The number of pyridine rings is 2. The van der Waals surface area contributed by atoms with Crippen molar-refractivity contribution in [3.05, 3.63) is 66.5 Å². The fourth-order valence-electron chi connectivity index (χ4n) is 7.00. The summed E-state index contributed by atoms with van der Waals surface area (Å²) in [5.74, 6) is -0.230. The van der Waals surface area contributed by atoms with E-state index in [0.29, 0.717) is 66.3 Å². The van der Waals surface area contributed by atoms with Crippen LogP contribution in [0.5, 0.6) is 5.88 Å². The highest BCUT2D eigenvalue weighted by Gasteiger charge is 2.44. The van der Waals surface area contributed by atoms with E-state index in [1.54, 1.807) is 29.1 Å². The Balaban J connectivity index is 1.30. The Labute approximate surface area is 309 Å². The lowest BCUT2D eigenvalue weighted by Gasteiger charge is -2.39. The van der Waals surface area contributed by atoms with Crippen molar-refractivity contribution in [2.45, 2.75) is 76.2 Å². The molecule has 3 aliphatic rings. The molecule has 1 aliphatic carbocycles. The predicted octanol–water partition coefficient (Wildman–Crippen LogP) is -1.83. The number of ether oxygens (including phenoxy) is 2. The third kappa shape index (κ3) is 7.74. The summed E-state index contributed by atoms with van der Waals surface area (Å²) in [6, 6.07) is 4.83. The highest BCUT2D eigenvalue weighted by atomic mass is 16.7. The number of hydrogen-bond acceptors (Lipinski definition) is 15. The maximum Gasteiger partial charge on any atom is 0.263 e. The molecule has 54 heavy (non-hydrogen) atoms. The summed E-state index contributed by atoms with van der Waals surface area (Å²) in [6.45, 7) is 1.71. The van der Waals surface area contributed by atoms with Gasteiger partial charge in [-0.3, -0.25) is 33.2 Å². The summed E-state index contributed by atoms with van der Waals surface area (Å²) in [5, 5.41) is 60.7. The monoisotopic (exact) mass is 752 g/mol. The van der Waals surface area contributed by atoms with Crippen LogP contribution in [-0.2, 0) is 35.7 Å². The first kappa shape index (κ1) is 39.3. The van der Waals surface area contributed by atoms with Crippen molar-refractivity contribution in [1.29, 1.82) is 0 Å². The topological polar surface area (TPSA) is 230 Å². The maximum atomic E-state index is 14.2. The predicted molar refractivity (Wildman–Crippen MR) is 197 cm³/mol. The van der Waals surface area contributed by atoms with Gasteiger partial charge in [-0.15, -0.1) is 5.10 Å². The Hall–Kier alpha value is -4.40. The molecule has 0 amide bonds. The van der Waals surface area contributed by atoms with Crippen LogP contribution >= 0.6 is 0 Å². The van der Waals surface area contributed by atoms with Crippen LogP contribution in [-0.4, -0.2) is 145 Å². The van der Waals surface area contributed by atoms with Crippen LogP contribution in [0.2, 0.25) is 0 Å². The molecule has 6 rings (SSSR count). The van der Waals surface area contributed by atoms with Gasteiger partial charge >= 0.3 is 0 Å². The first-order chi connectivity index (χ1) is 25.8. The van der Waals surface area contributed by atoms with Crippen molar-refractivity contribution in [3.63, 3.8) is 0 Å². The normalized spacial score (nSPS) is 21.2. The van der Waals surface area contributed by atoms with Gasteiger partial charge in [-0.2, -0.15) is 0 Å². The number of aliphatic hydroxyl groups is 4. The van der Waals surface area contributed by atoms with E-state index in [2.05, 4.69) is 10.3 Å². The Morgan fingerprint density at radius 1 is 0.852 bits per heavy atom. The molecule has 2 aromatic heterocycles. The van der Waals surface area contributed by atoms with Crippen LogP contribution in [0.1, 0.15) is 25.0 Å². The van der Waals surface area contributed by atoms with Crippen molar-refractivity contribution in [1.82, 2.24) is 33.9 Å². The zero-order chi connectivity index (χ0) is 38.8. The second-order valence-electron chi connectivity index (χ2n) is 14.3. The van der Waals surface area contributed by atoms with E-state index in [4.69, 9.17) is 14.5 Å². The number of rotatable bonds is 16. The Bertz CT molecular complexity index is 2270. The molecule has 1 aromatic carbocycles. The van der Waals surface area contributed by atoms with Gasteiger partial charge in [-0.1, -0.05) is 5.21 Å². The van der Waals surface area contributed by atoms with Gasteiger partial charge in [0.2, 0.25) is 5.88 Å². The van der Waals surface area contributed by atoms with E-state index in [0.717, 1.165) is 0 Å². The molecule has 4 heterocycles. The summed E-state index contributed by atoms with van der Waals surface area (Å²) in [6.07, 6.45) is -3.77. The molecule has 292 valence electrons. The third-order valence-electron chi connectivity index (χ3n) is 9.80. The van der Waals surface area contributed by atoms with Crippen LogP contribution in [0, 0.1) is 0 Å². The lowest BCUT2D eigenvalue weighted by atomic mass is 9.90. The second kappa shape index (κ2) is 16.5. The number of aromatic nitrogens is 5. The van der Waals surface area contributed by atoms with Gasteiger partial charge in [0.25, 0.3) is 16.7 Å². The summed E-state index contributed by atoms with van der Waals surface area (Å²) in [4.78, 5) is 50.6. The van der Waals surface area contributed by atoms with Crippen molar-refractivity contribution in [2.75, 3.05) is 54.4 Å². The van der Waals surface area contributed by atoms with Gasteiger partial charge in [0.05, 0.1) is 35.7 Å². The molecule has 5 N–H and O–H groups in total. The summed E-state index contributed by atoms with van der Waals surface area (Å²) in [7, 11) is 7.68. The Morgan fingerprint density at radius 3 is 2.22 bits per heavy atom. The quantitative estimate of drug-likeness (QED) is 0.0552. The molecule has 18 heteroatoms. The van der Waals surface area contributed by atoms with Crippen LogP contribution in [0.4, 0.5) is 0 Å². The summed E-state index contributed by atoms with van der Waals surface area (Å²) >= 11 is 0. The van der Waals surface area contributed by atoms with E-state index in [9.17, 15) is 39.9 Å². The third-order valence-corrected chi connectivity index (χ3v) is 9.80. The zero-order valence-electron chi connectivity index (χ0n) is 30.8. The standard InChI is InChI=1S/C36H48N8O10/c1-40(2)11-6-14-43-32(49)21-8-9-22-27-26(21)23(34(43)51)16-24(28(27)35(52)44(33(22)50)15-7-12-41(3)4)37-10-5-13-42-17-20(38-39-42)19-53-36-31(48)30(47)29(46)25(18-45)54-36/h8-9,16-17,25,29-31,36,45-48,50H,5-7,10-15,18-19H2,1-4H3/t25-,29-,30+,31-,36-/m1/s1. The lowest BCUT2D eigenvalue weighted by Crippen LogP contribution is -2.59. The minimum Gasteiger partial charge on any atom is -0.494 e. The van der Waals surface area contributed by atoms with Gasteiger partial charge in [-0.05, 0) is 78.7 Å². The molecule has 1 fully saturated rings. The van der Waals surface area contributed by atoms with Crippen LogP contribution in [0.3, 0.4) is 0 Å². The molecule has 0 radical (unpaired) electrons. The fourth-order valence-corrected chi connectivity index (χ4v) is 7.00. The number of benzene rings is 2. The second-order valence-corrected chi connectivity index (χ2v) is 14.3. The van der Waals surface area contributed by atoms with Crippen molar-refractivity contribution >= 4 is 21.5 Å². The molecule has 0 unspecified atom stereocenters. The average molecular weight is 753 g/mol. The number of aryl methyl sites for hydroxylation is 1. The van der Waals surface area contributed by atoms with E-state index in [-0.39, 0.29) is 48.4 Å². The van der Waals surface area contributed by atoms with E-state index >= 15 is 0 Å². The van der Waals surface area contributed by atoms with E-state index in [1.807, 2.05) is 38.0 Å². The van der Waals surface area contributed by atoms with Crippen molar-refractivity contribution in [2.24, 2.45) is 4.99 Å². The van der Waals surface area contributed by atoms with Gasteiger partial charge in [-0.25, -0.2) is 0 Å². The van der Waals surface area contributed by atoms with E-state index in [1.165, 1.54) is 9.13 Å². The molecule has 18 nitrogen and oxygen atoms in total. The number of aromatic hydroxyl groups is 1. The maximum absolute atomic E-state index is 14.2. The SMILES string of the molecule is CN(C)CCCn1c(O)c2ccc3c4c2c(c(=NCCCn2cc(CO[C@@H]5O[C@H](CO)[C@@H](O)[C@H](O)[C@H]5O)nn2)cc-4c(=O)n(CCCN(C)C)c3=O)c1=O. The molecular formula is C36H48N8O10. The smallest absolute Gasteiger partial charge is 0.263 e. The highest BCUT2D eigenvalue weighted by Crippen LogP contribution is 2.36. The van der Waals surface area contributed by atoms with Crippen LogP contribution in [0.15, 0.2) is 43.8 Å². The summed E-state index contributed by atoms with van der Waals surface area (Å²) in [5.41, 5.74) is -0.406. The number of hydrogen-bond donors (Lipinski definition) is 5. The molecule has 0 bridgehead atoms. The molecule has 0 spiro atoms. The summed E-state index contributed by atoms with van der Waals surface area (Å²) < 4.78 is 15.0. The number of aliphatic hydroxyl groups excluding tert-OH is 4. The van der Waals surface area contributed by atoms with E-state index < -0.39 is 54.0 Å². The highest BCUT2D eigenvalue weighted by molar-refractivity contribution is 6.15. The van der Waals surface area contributed by atoms with Crippen molar-refractivity contribution < 1.29 is 35.0 Å². The molecule has 2 aliphatic heterocycles. The van der Waals surface area contributed by atoms with Crippen molar-refractivity contribution in [3.8, 4) is 17.0 Å². The van der Waals surface area contributed by atoms with Gasteiger partial charge in [0.1, 0.15) is 30.1 Å². The Morgan fingerprint density at radius 2 is 1.54 bits per heavy atom.